The molecule has 0 radical (unpaired) electrons. The largest absolute Gasteiger partial charge is 0.478 e. The van der Waals surface area contributed by atoms with Gasteiger partial charge in [-0.25, -0.2) is 13.2 Å². The van der Waals surface area contributed by atoms with E-state index in [0.717, 1.165) is 11.8 Å². The van der Waals surface area contributed by atoms with Crippen molar-refractivity contribution in [3.05, 3.63) is 53.6 Å². The summed E-state index contributed by atoms with van der Waals surface area (Å²) in [6.45, 7) is 1.71. The van der Waals surface area contributed by atoms with Crippen LogP contribution in [0.15, 0.2) is 47.4 Å². The highest BCUT2D eigenvalue weighted by molar-refractivity contribution is 7.90. The summed E-state index contributed by atoms with van der Waals surface area (Å²) in [6.07, 6.45) is 1.15. The summed E-state index contributed by atoms with van der Waals surface area (Å²) in [5.74, 6) is -0.997. The third-order valence-electron chi connectivity index (χ3n) is 3.14. The van der Waals surface area contributed by atoms with Gasteiger partial charge in [0.1, 0.15) is 0 Å². The van der Waals surface area contributed by atoms with Gasteiger partial charge in [0.2, 0.25) is 0 Å². The van der Waals surface area contributed by atoms with E-state index in [2.05, 4.69) is 0 Å². The Labute approximate surface area is 117 Å². The lowest BCUT2D eigenvalue weighted by molar-refractivity contribution is 0.0696. The van der Waals surface area contributed by atoms with E-state index < -0.39 is 15.8 Å². The number of rotatable bonds is 3. The molecule has 2 rings (SSSR count). The van der Waals surface area contributed by atoms with Crippen LogP contribution in [0.2, 0.25) is 0 Å². The molecular formula is C15H14O4S. The first-order chi connectivity index (χ1) is 9.30. The molecule has 5 heteroatoms. The van der Waals surface area contributed by atoms with Gasteiger partial charge in [-0.15, -0.1) is 0 Å². The summed E-state index contributed by atoms with van der Waals surface area (Å²) in [7, 11) is -3.29. The third kappa shape index (κ3) is 2.72. The molecule has 0 aromatic heterocycles. The summed E-state index contributed by atoms with van der Waals surface area (Å²) < 4.78 is 23.2. The lowest BCUT2D eigenvalue weighted by Crippen LogP contribution is -2.01. The van der Waals surface area contributed by atoms with Crippen LogP contribution in [0.4, 0.5) is 0 Å². The van der Waals surface area contributed by atoms with Crippen molar-refractivity contribution in [1.29, 1.82) is 0 Å². The van der Waals surface area contributed by atoms with Crippen molar-refractivity contribution in [2.75, 3.05) is 6.26 Å². The molecule has 0 aliphatic carbocycles. The van der Waals surface area contributed by atoms with Crippen molar-refractivity contribution in [2.24, 2.45) is 0 Å². The van der Waals surface area contributed by atoms with Crippen molar-refractivity contribution in [2.45, 2.75) is 11.8 Å². The van der Waals surface area contributed by atoms with Gasteiger partial charge in [-0.2, -0.15) is 0 Å². The van der Waals surface area contributed by atoms with Crippen LogP contribution in [0.25, 0.3) is 11.1 Å². The van der Waals surface area contributed by atoms with Crippen LogP contribution >= 0.6 is 0 Å². The number of hydrogen-bond donors (Lipinski definition) is 1. The summed E-state index contributed by atoms with van der Waals surface area (Å²) in [6, 6.07) is 11.5. The van der Waals surface area contributed by atoms with Gasteiger partial charge in [0, 0.05) is 6.26 Å². The Morgan fingerprint density at radius 2 is 1.75 bits per heavy atom. The van der Waals surface area contributed by atoms with Crippen LogP contribution in [0.3, 0.4) is 0 Å². The Morgan fingerprint density at radius 1 is 1.10 bits per heavy atom. The van der Waals surface area contributed by atoms with Crippen molar-refractivity contribution < 1.29 is 18.3 Å². The molecule has 0 fully saturated rings. The highest BCUT2D eigenvalue weighted by atomic mass is 32.2. The molecule has 4 nitrogen and oxygen atoms in total. The van der Waals surface area contributed by atoms with Gasteiger partial charge in [-0.05, 0) is 41.8 Å². The Balaban J connectivity index is 2.64. The molecule has 2 aromatic carbocycles. The molecule has 0 aliphatic heterocycles. The van der Waals surface area contributed by atoms with Crippen LogP contribution in [0.5, 0.6) is 0 Å². The van der Waals surface area contributed by atoms with Gasteiger partial charge in [-0.3, -0.25) is 0 Å². The normalized spacial score (nSPS) is 11.3. The van der Waals surface area contributed by atoms with E-state index in [1.807, 2.05) is 0 Å². The molecule has 1 N–H and O–H groups in total. The minimum absolute atomic E-state index is 0.215. The predicted molar refractivity (Wildman–Crippen MR) is 76.7 cm³/mol. The Kier molecular flexibility index (Phi) is 3.63. The van der Waals surface area contributed by atoms with Gasteiger partial charge >= 0.3 is 5.97 Å². The van der Waals surface area contributed by atoms with Crippen LogP contribution in [-0.4, -0.2) is 25.7 Å². The molecule has 20 heavy (non-hydrogen) atoms. The maximum Gasteiger partial charge on any atom is 0.335 e. The molecule has 0 saturated carbocycles. The van der Waals surface area contributed by atoms with Gasteiger partial charge < -0.3 is 5.11 Å². The van der Waals surface area contributed by atoms with E-state index in [-0.39, 0.29) is 10.5 Å². The molecule has 104 valence electrons. The van der Waals surface area contributed by atoms with Gasteiger partial charge in [0.15, 0.2) is 9.84 Å². The summed E-state index contributed by atoms with van der Waals surface area (Å²) >= 11 is 0. The lowest BCUT2D eigenvalue weighted by atomic mass is 9.96. The fourth-order valence-electron chi connectivity index (χ4n) is 2.07. The second kappa shape index (κ2) is 5.09. The third-order valence-corrected chi connectivity index (χ3v) is 4.25. The number of carbonyl (C=O) groups is 1. The standard InChI is InChI=1S/C15H14O4S/c1-10-13(7-4-8-14(10)15(16)17)11-5-3-6-12(9-11)20(2,18)19/h3-9H,1-2H3,(H,16,17). The van der Waals surface area contributed by atoms with Crippen molar-refractivity contribution >= 4 is 15.8 Å². The minimum atomic E-state index is -3.29. The van der Waals surface area contributed by atoms with E-state index in [9.17, 15) is 13.2 Å². The Bertz CT molecular complexity index is 776. The quantitative estimate of drug-likeness (QED) is 0.943. The van der Waals surface area contributed by atoms with E-state index >= 15 is 0 Å². The number of hydrogen-bond acceptors (Lipinski definition) is 3. The molecular weight excluding hydrogens is 276 g/mol. The summed E-state index contributed by atoms with van der Waals surface area (Å²) in [5, 5.41) is 9.12. The van der Waals surface area contributed by atoms with Crippen molar-refractivity contribution in [1.82, 2.24) is 0 Å². The monoisotopic (exact) mass is 290 g/mol. The molecule has 0 unspecified atom stereocenters. The highest BCUT2D eigenvalue weighted by Crippen LogP contribution is 2.27. The Morgan fingerprint density at radius 3 is 2.35 bits per heavy atom. The molecule has 0 heterocycles. The van der Waals surface area contributed by atoms with Crippen LogP contribution < -0.4 is 0 Å². The second-order valence-electron chi connectivity index (χ2n) is 4.58. The first-order valence-corrected chi connectivity index (χ1v) is 7.83. The number of carboxylic acids is 1. The summed E-state index contributed by atoms with van der Waals surface area (Å²) in [4.78, 5) is 11.4. The average molecular weight is 290 g/mol. The lowest BCUT2D eigenvalue weighted by Gasteiger charge is -2.10. The number of benzene rings is 2. The maximum atomic E-state index is 11.6. The molecule has 2 aromatic rings. The number of sulfone groups is 1. The zero-order chi connectivity index (χ0) is 14.9. The molecule has 0 spiro atoms. The minimum Gasteiger partial charge on any atom is -0.478 e. The molecule has 0 saturated heterocycles. The zero-order valence-corrected chi connectivity index (χ0v) is 11.9. The van der Waals surface area contributed by atoms with Crippen LogP contribution in [0, 0.1) is 6.92 Å². The topological polar surface area (TPSA) is 71.4 Å². The first-order valence-electron chi connectivity index (χ1n) is 5.94. The van der Waals surface area contributed by atoms with Crippen molar-refractivity contribution in [3.63, 3.8) is 0 Å². The smallest absolute Gasteiger partial charge is 0.335 e. The fourth-order valence-corrected chi connectivity index (χ4v) is 2.74. The second-order valence-corrected chi connectivity index (χ2v) is 6.60. The van der Waals surface area contributed by atoms with Gasteiger partial charge in [-0.1, -0.05) is 24.3 Å². The van der Waals surface area contributed by atoms with E-state index in [0.29, 0.717) is 11.1 Å². The Hall–Kier alpha value is -2.14. The van der Waals surface area contributed by atoms with E-state index in [1.54, 1.807) is 37.3 Å². The van der Waals surface area contributed by atoms with E-state index in [4.69, 9.17) is 5.11 Å². The molecule has 0 bridgehead atoms. The summed E-state index contributed by atoms with van der Waals surface area (Å²) in [5.41, 5.74) is 2.24. The predicted octanol–water partition coefficient (Wildman–Crippen LogP) is 2.76. The maximum absolute atomic E-state index is 11.6. The number of aromatic carboxylic acids is 1. The van der Waals surface area contributed by atoms with Crippen LogP contribution in [-0.2, 0) is 9.84 Å². The fraction of sp³-hybridized carbons (Fsp3) is 0.133. The molecule has 0 aliphatic rings. The molecule has 0 amide bonds. The zero-order valence-electron chi connectivity index (χ0n) is 11.1. The van der Waals surface area contributed by atoms with Crippen molar-refractivity contribution in [3.8, 4) is 11.1 Å². The van der Waals surface area contributed by atoms with Gasteiger partial charge in [0.25, 0.3) is 0 Å². The molecule has 0 atom stereocenters. The van der Waals surface area contributed by atoms with Crippen LogP contribution in [0.1, 0.15) is 15.9 Å². The van der Waals surface area contributed by atoms with E-state index in [1.165, 1.54) is 12.1 Å². The first kappa shape index (κ1) is 14.3. The highest BCUT2D eigenvalue weighted by Gasteiger charge is 2.13. The SMILES string of the molecule is Cc1c(C(=O)O)cccc1-c1cccc(S(C)(=O)=O)c1. The number of carboxylic acid groups (broad SMARTS) is 1. The van der Waals surface area contributed by atoms with Gasteiger partial charge in [0.05, 0.1) is 10.5 Å². The average Bonchev–Trinajstić information content (AvgIpc) is 2.38.